The first kappa shape index (κ1) is 15.0. The Labute approximate surface area is 111 Å². The molecule has 0 aromatic carbocycles. The van der Waals surface area contributed by atoms with Crippen LogP contribution in [0.15, 0.2) is 0 Å². The van der Waals surface area contributed by atoms with Crippen molar-refractivity contribution in [1.82, 2.24) is 10.6 Å². The van der Waals surface area contributed by atoms with Crippen molar-refractivity contribution >= 4 is 5.91 Å². The summed E-state index contributed by atoms with van der Waals surface area (Å²) in [5.41, 5.74) is 0.0428. The van der Waals surface area contributed by atoms with Crippen molar-refractivity contribution in [2.45, 2.75) is 63.3 Å². The van der Waals surface area contributed by atoms with Crippen LogP contribution in [0.2, 0.25) is 0 Å². The molecule has 18 heavy (non-hydrogen) atoms. The highest BCUT2D eigenvalue weighted by atomic mass is 16.1. The van der Waals surface area contributed by atoms with E-state index in [9.17, 15) is 4.79 Å². The second-order valence-electron chi connectivity index (χ2n) is 5.28. The van der Waals surface area contributed by atoms with E-state index in [-0.39, 0.29) is 11.4 Å². The molecule has 102 valence electrons. The number of unbranched alkanes of at least 4 members (excludes halogenated alkanes) is 2. The zero-order chi connectivity index (χ0) is 13.3. The lowest BCUT2D eigenvalue weighted by Crippen LogP contribution is -2.48. The molecule has 0 spiro atoms. The Morgan fingerprint density at radius 1 is 1.28 bits per heavy atom. The van der Waals surface area contributed by atoms with Crippen LogP contribution in [0, 0.1) is 12.3 Å². The predicted octanol–water partition coefficient (Wildman–Crippen LogP) is 2.22. The number of terminal acetylenes is 1. The minimum Gasteiger partial charge on any atom is -0.356 e. The predicted molar refractivity (Wildman–Crippen MR) is 75.2 cm³/mol. The van der Waals surface area contributed by atoms with Crippen molar-refractivity contribution in [2.75, 3.05) is 13.6 Å². The fraction of sp³-hybridized carbons (Fsp3) is 0.800. The molecule has 3 heteroatoms. The smallest absolute Gasteiger partial charge is 0.221 e. The summed E-state index contributed by atoms with van der Waals surface area (Å²) in [6.07, 6.45) is 14.6. The van der Waals surface area contributed by atoms with Gasteiger partial charge in [-0.05, 0) is 32.7 Å². The van der Waals surface area contributed by atoms with Gasteiger partial charge in [-0.15, -0.1) is 12.3 Å². The van der Waals surface area contributed by atoms with Crippen molar-refractivity contribution < 1.29 is 4.79 Å². The first-order valence-corrected chi connectivity index (χ1v) is 7.11. The van der Waals surface area contributed by atoms with E-state index < -0.39 is 0 Å². The Kier molecular flexibility index (Phi) is 6.82. The maximum Gasteiger partial charge on any atom is 0.221 e. The van der Waals surface area contributed by atoms with Gasteiger partial charge in [0, 0.05) is 24.9 Å². The van der Waals surface area contributed by atoms with Crippen LogP contribution in [-0.4, -0.2) is 25.0 Å². The van der Waals surface area contributed by atoms with Crippen LogP contribution < -0.4 is 10.6 Å². The van der Waals surface area contributed by atoms with E-state index in [2.05, 4.69) is 16.6 Å². The molecule has 1 rings (SSSR count). The van der Waals surface area contributed by atoms with Crippen LogP contribution in [0.1, 0.15) is 57.8 Å². The van der Waals surface area contributed by atoms with Gasteiger partial charge in [-0.1, -0.05) is 19.3 Å². The Hall–Kier alpha value is -1.01. The van der Waals surface area contributed by atoms with Gasteiger partial charge < -0.3 is 10.6 Å². The molecule has 0 atom stereocenters. The number of amides is 1. The lowest BCUT2D eigenvalue weighted by atomic mass is 9.79. The molecule has 1 aliphatic rings. The van der Waals surface area contributed by atoms with E-state index in [0.717, 1.165) is 38.6 Å². The first-order chi connectivity index (χ1) is 8.72. The third-order valence-corrected chi connectivity index (χ3v) is 3.91. The fourth-order valence-electron chi connectivity index (χ4n) is 2.69. The summed E-state index contributed by atoms with van der Waals surface area (Å²) in [6.45, 7) is 0.750. The molecule has 0 bridgehead atoms. The molecular weight excluding hydrogens is 224 g/mol. The van der Waals surface area contributed by atoms with Gasteiger partial charge >= 0.3 is 0 Å². The molecule has 3 nitrogen and oxygen atoms in total. The van der Waals surface area contributed by atoms with Gasteiger partial charge in [0.2, 0.25) is 5.91 Å². The number of hydrogen-bond acceptors (Lipinski definition) is 2. The van der Waals surface area contributed by atoms with Gasteiger partial charge in [-0.2, -0.15) is 0 Å². The Balaban J connectivity index is 2.23. The van der Waals surface area contributed by atoms with Crippen molar-refractivity contribution in [3.8, 4) is 12.3 Å². The highest BCUT2D eigenvalue weighted by Crippen LogP contribution is 2.30. The molecule has 1 saturated carbocycles. The fourth-order valence-corrected chi connectivity index (χ4v) is 2.69. The SMILES string of the molecule is C#CCCCCNC(=O)CC1(NC)CCCCC1. The van der Waals surface area contributed by atoms with E-state index in [1.807, 2.05) is 7.05 Å². The molecular formula is C15H26N2O. The van der Waals surface area contributed by atoms with Gasteiger partial charge in [0.15, 0.2) is 0 Å². The van der Waals surface area contributed by atoms with E-state index in [0.29, 0.717) is 6.42 Å². The summed E-state index contributed by atoms with van der Waals surface area (Å²) in [7, 11) is 1.98. The second-order valence-corrected chi connectivity index (χ2v) is 5.28. The van der Waals surface area contributed by atoms with Crippen LogP contribution in [0.25, 0.3) is 0 Å². The van der Waals surface area contributed by atoms with Gasteiger partial charge in [0.05, 0.1) is 0 Å². The summed E-state index contributed by atoms with van der Waals surface area (Å²) in [6, 6.07) is 0. The van der Waals surface area contributed by atoms with E-state index in [4.69, 9.17) is 6.42 Å². The van der Waals surface area contributed by atoms with Gasteiger partial charge in [-0.25, -0.2) is 0 Å². The highest BCUT2D eigenvalue weighted by molar-refractivity contribution is 5.77. The molecule has 0 aliphatic heterocycles. The van der Waals surface area contributed by atoms with Gasteiger partial charge in [-0.3, -0.25) is 4.79 Å². The molecule has 0 radical (unpaired) electrons. The number of hydrogen-bond donors (Lipinski definition) is 2. The molecule has 0 aromatic rings. The van der Waals surface area contributed by atoms with E-state index in [1.54, 1.807) is 0 Å². The van der Waals surface area contributed by atoms with Crippen LogP contribution in [0.3, 0.4) is 0 Å². The van der Waals surface area contributed by atoms with Gasteiger partial charge in [0.1, 0.15) is 0 Å². The molecule has 0 unspecified atom stereocenters. The highest BCUT2D eigenvalue weighted by Gasteiger charge is 2.32. The molecule has 1 amide bonds. The van der Waals surface area contributed by atoms with Crippen molar-refractivity contribution in [3.05, 3.63) is 0 Å². The third kappa shape index (κ3) is 5.10. The average molecular weight is 250 g/mol. The molecule has 2 N–H and O–H groups in total. The lowest BCUT2D eigenvalue weighted by molar-refractivity contribution is -0.122. The maximum atomic E-state index is 11.9. The Morgan fingerprint density at radius 3 is 2.61 bits per heavy atom. The maximum absolute atomic E-state index is 11.9. The van der Waals surface area contributed by atoms with Crippen LogP contribution >= 0.6 is 0 Å². The molecule has 1 fully saturated rings. The quantitative estimate of drug-likeness (QED) is 0.537. The second kappa shape index (κ2) is 8.16. The van der Waals surface area contributed by atoms with Crippen LogP contribution in [-0.2, 0) is 4.79 Å². The van der Waals surface area contributed by atoms with Crippen molar-refractivity contribution in [3.63, 3.8) is 0 Å². The van der Waals surface area contributed by atoms with E-state index in [1.165, 1.54) is 19.3 Å². The summed E-state index contributed by atoms with van der Waals surface area (Å²) in [5.74, 6) is 2.79. The summed E-state index contributed by atoms with van der Waals surface area (Å²) in [5, 5.41) is 6.37. The Morgan fingerprint density at radius 2 is 2.00 bits per heavy atom. The minimum atomic E-state index is 0.0428. The molecule has 0 heterocycles. The van der Waals surface area contributed by atoms with Crippen LogP contribution in [0.5, 0.6) is 0 Å². The van der Waals surface area contributed by atoms with Crippen molar-refractivity contribution in [2.24, 2.45) is 0 Å². The zero-order valence-corrected chi connectivity index (χ0v) is 11.6. The summed E-state index contributed by atoms with van der Waals surface area (Å²) < 4.78 is 0. The van der Waals surface area contributed by atoms with Gasteiger partial charge in [0.25, 0.3) is 0 Å². The van der Waals surface area contributed by atoms with E-state index >= 15 is 0 Å². The van der Waals surface area contributed by atoms with Crippen LogP contribution in [0.4, 0.5) is 0 Å². The standard InChI is InChI=1S/C15H26N2O/c1-3-4-5-9-12-17-14(18)13-15(16-2)10-7-6-8-11-15/h1,16H,4-13H2,2H3,(H,17,18). The molecule has 0 aromatic heterocycles. The lowest BCUT2D eigenvalue weighted by Gasteiger charge is -2.36. The monoisotopic (exact) mass is 250 g/mol. The molecule has 0 saturated heterocycles. The third-order valence-electron chi connectivity index (χ3n) is 3.91. The normalized spacial score (nSPS) is 18.0. The summed E-state index contributed by atoms with van der Waals surface area (Å²) >= 11 is 0. The molecule has 1 aliphatic carbocycles. The number of carbonyl (C=O) groups excluding carboxylic acids is 1. The minimum absolute atomic E-state index is 0.0428. The number of nitrogens with one attached hydrogen (secondary N) is 2. The zero-order valence-electron chi connectivity index (χ0n) is 11.6. The first-order valence-electron chi connectivity index (χ1n) is 7.11. The average Bonchev–Trinajstić information content (AvgIpc) is 2.39. The Bertz CT molecular complexity index is 287. The number of rotatable bonds is 7. The van der Waals surface area contributed by atoms with Crippen molar-refractivity contribution in [1.29, 1.82) is 0 Å². The number of carbonyl (C=O) groups is 1. The summed E-state index contributed by atoms with van der Waals surface area (Å²) in [4.78, 5) is 11.9. The largest absolute Gasteiger partial charge is 0.356 e. The topological polar surface area (TPSA) is 41.1 Å².